The molecule has 2 rings (SSSR count). The Bertz CT molecular complexity index is 703. The van der Waals surface area contributed by atoms with E-state index in [2.05, 4.69) is 0 Å². The van der Waals surface area contributed by atoms with E-state index in [1.165, 1.54) is 12.1 Å². The Kier molecular flexibility index (Phi) is 3.93. The number of nitro groups is 1. The van der Waals surface area contributed by atoms with Gasteiger partial charge in [0.1, 0.15) is 12.4 Å². The van der Waals surface area contributed by atoms with Gasteiger partial charge in [0.15, 0.2) is 5.75 Å². The normalized spacial score (nSPS) is 10.4. The Morgan fingerprint density at radius 1 is 1.43 bits per heavy atom. The van der Waals surface area contributed by atoms with Crippen LogP contribution in [0.4, 0.5) is 5.69 Å². The maximum Gasteiger partial charge on any atom is 0.371 e. The topological polar surface area (TPSA) is 103 Å². The number of hydrogen-bond donors (Lipinski definition) is 1. The highest BCUT2D eigenvalue weighted by Crippen LogP contribution is 2.31. The Labute approximate surface area is 119 Å². The Balaban J connectivity index is 2.23. The molecule has 0 atom stereocenters. The van der Waals surface area contributed by atoms with Gasteiger partial charge in [0.25, 0.3) is 0 Å². The summed E-state index contributed by atoms with van der Waals surface area (Å²) in [5, 5.41) is 19.9. The summed E-state index contributed by atoms with van der Waals surface area (Å²) in [5.74, 6) is -0.823. The van der Waals surface area contributed by atoms with E-state index < -0.39 is 10.9 Å². The maximum atomic E-state index is 11.0. The number of aromatic carboxylic acids is 1. The van der Waals surface area contributed by atoms with Crippen molar-refractivity contribution in [3.63, 3.8) is 0 Å². The molecule has 0 aliphatic heterocycles. The third kappa shape index (κ3) is 3.02. The summed E-state index contributed by atoms with van der Waals surface area (Å²) < 4.78 is 10.5. The van der Waals surface area contributed by atoms with Gasteiger partial charge >= 0.3 is 11.7 Å². The molecule has 0 saturated carbocycles. The predicted octanol–water partition coefficient (Wildman–Crippen LogP) is 3.08. The number of furan rings is 1. The van der Waals surface area contributed by atoms with Crippen LogP contribution in [0.25, 0.3) is 0 Å². The molecule has 1 aromatic heterocycles. The fourth-order valence-corrected chi connectivity index (χ4v) is 1.91. The highest BCUT2D eigenvalue weighted by Gasteiger charge is 2.19. The van der Waals surface area contributed by atoms with E-state index in [4.69, 9.17) is 14.3 Å². The van der Waals surface area contributed by atoms with E-state index >= 15 is 0 Å². The van der Waals surface area contributed by atoms with Crippen LogP contribution < -0.4 is 4.74 Å². The third-order valence-electron chi connectivity index (χ3n) is 3.00. The van der Waals surface area contributed by atoms with Crippen molar-refractivity contribution in [2.75, 3.05) is 0 Å². The molecule has 0 radical (unpaired) electrons. The molecule has 0 bridgehead atoms. The maximum absolute atomic E-state index is 11.0. The van der Waals surface area contributed by atoms with Gasteiger partial charge in [0.05, 0.1) is 4.92 Å². The first-order valence-electron chi connectivity index (χ1n) is 6.09. The standard InChI is InChI=1S/C14H13NO6/c1-8-4-3-5-11(13(8)15(18)19)20-7-10-6-12(14(16)17)21-9(10)2/h3-6H,7H2,1-2H3,(H,16,17). The van der Waals surface area contributed by atoms with Gasteiger partial charge in [-0.05, 0) is 26.0 Å². The molecule has 0 fully saturated rings. The number of carbonyl (C=O) groups is 1. The summed E-state index contributed by atoms with van der Waals surface area (Å²) in [4.78, 5) is 21.3. The van der Waals surface area contributed by atoms with E-state index in [1.54, 1.807) is 26.0 Å². The molecule has 1 aromatic carbocycles. The second-order valence-corrected chi connectivity index (χ2v) is 4.46. The second kappa shape index (κ2) is 5.66. The molecule has 0 spiro atoms. The molecule has 110 valence electrons. The van der Waals surface area contributed by atoms with E-state index in [1.807, 2.05) is 0 Å². The summed E-state index contributed by atoms with van der Waals surface area (Å²) in [6.45, 7) is 3.22. The van der Waals surface area contributed by atoms with Crippen molar-refractivity contribution in [3.05, 3.63) is 57.0 Å². The Morgan fingerprint density at radius 2 is 2.14 bits per heavy atom. The van der Waals surface area contributed by atoms with E-state index in [0.29, 0.717) is 16.9 Å². The van der Waals surface area contributed by atoms with Gasteiger partial charge in [-0.15, -0.1) is 0 Å². The van der Waals surface area contributed by atoms with Crippen LogP contribution in [0.5, 0.6) is 5.75 Å². The van der Waals surface area contributed by atoms with Crippen molar-refractivity contribution in [1.82, 2.24) is 0 Å². The van der Waals surface area contributed by atoms with Crippen molar-refractivity contribution in [1.29, 1.82) is 0 Å². The molecule has 0 amide bonds. The van der Waals surface area contributed by atoms with E-state index in [9.17, 15) is 14.9 Å². The average molecular weight is 291 g/mol. The number of nitro benzene ring substituents is 1. The lowest BCUT2D eigenvalue weighted by molar-refractivity contribution is -0.386. The zero-order valence-corrected chi connectivity index (χ0v) is 11.5. The van der Waals surface area contributed by atoms with Crippen LogP contribution in [0.3, 0.4) is 0 Å². The highest BCUT2D eigenvalue weighted by molar-refractivity contribution is 5.84. The molecule has 7 nitrogen and oxygen atoms in total. The number of hydrogen-bond acceptors (Lipinski definition) is 5. The van der Waals surface area contributed by atoms with Crippen molar-refractivity contribution < 1.29 is 24.0 Å². The lowest BCUT2D eigenvalue weighted by atomic mass is 10.2. The van der Waals surface area contributed by atoms with E-state index in [-0.39, 0.29) is 23.8 Å². The molecule has 1 heterocycles. The number of rotatable bonds is 5. The number of aryl methyl sites for hydroxylation is 2. The second-order valence-electron chi connectivity index (χ2n) is 4.46. The molecule has 0 saturated heterocycles. The fraction of sp³-hybridized carbons (Fsp3) is 0.214. The lowest BCUT2D eigenvalue weighted by Gasteiger charge is -2.07. The number of carboxylic acid groups (broad SMARTS) is 1. The molecule has 2 aromatic rings. The van der Waals surface area contributed by atoms with Crippen molar-refractivity contribution in [3.8, 4) is 5.75 Å². The van der Waals surface area contributed by atoms with Crippen LogP contribution in [0.2, 0.25) is 0 Å². The monoisotopic (exact) mass is 291 g/mol. The molecule has 0 aliphatic rings. The number of para-hydroxylation sites is 1. The SMILES string of the molecule is Cc1cccc(OCc2cc(C(=O)O)oc2C)c1[N+](=O)[O-]. The third-order valence-corrected chi connectivity index (χ3v) is 3.00. The number of carboxylic acids is 1. The zero-order valence-electron chi connectivity index (χ0n) is 11.5. The number of nitrogens with zero attached hydrogens (tertiary/aromatic N) is 1. The minimum absolute atomic E-state index is 0.00704. The largest absolute Gasteiger partial charge is 0.482 e. The molecule has 21 heavy (non-hydrogen) atoms. The zero-order chi connectivity index (χ0) is 15.6. The molecule has 1 N–H and O–H groups in total. The molecular formula is C14H13NO6. The predicted molar refractivity (Wildman–Crippen MR) is 72.6 cm³/mol. The van der Waals surface area contributed by atoms with Gasteiger partial charge in [-0.2, -0.15) is 0 Å². The van der Waals surface area contributed by atoms with Gasteiger partial charge < -0.3 is 14.3 Å². The first kappa shape index (κ1) is 14.6. The van der Waals surface area contributed by atoms with Crippen molar-refractivity contribution >= 4 is 11.7 Å². The van der Waals surface area contributed by atoms with Gasteiger partial charge in [0.2, 0.25) is 5.76 Å². The smallest absolute Gasteiger partial charge is 0.371 e. The van der Waals surface area contributed by atoms with Gasteiger partial charge in [-0.25, -0.2) is 4.79 Å². The van der Waals surface area contributed by atoms with Crippen LogP contribution >= 0.6 is 0 Å². The first-order chi connectivity index (χ1) is 9.90. The number of ether oxygens (including phenoxy) is 1. The van der Waals surface area contributed by atoms with Gasteiger partial charge in [-0.1, -0.05) is 12.1 Å². The van der Waals surface area contributed by atoms with Gasteiger partial charge in [0, 0.05) is 11.1 Å². The Hall–Kier alpha value is -2.83. The minimum Gasteiger partial charge on any atom is -0.482 e. The van der Waals surface area contributed by atoms with Crippen LogP contribution in [-0.2, 0) is 6.61 Å². The fourth-order valence-electron chi connectivity index (χ4n) is 1.91. The van der Waals surface area contributed by atoms with Gasteiger partial charge in [-0.3, -0.25) is 10.1 Å². The van der Waals surface area contributed by atoms with Crippen molar-refractivity contribution in [2.45, 2.75) is 20.5 Å². The molecule has 0 aliphatic carbocycles. The molecule has 7 heteroatoms. The summed E-state index contributed by atoms with van der Waals surface area (Å²) >= 11 is 0. The lowest BCUT2D eigenvalue weighted by Crippen LogP contribution is -2.00. The average Bonchev–Trinajstić information content (AvgIpc) is 2.77. The molecular weight excluding hydrogens is 278 g/mol. The first-order valence-corrected chi connectivity index (χ1v) is 6.09. The Morgan fingerprint density at radius 3 is 2.71 bits per heavy atom. The summed E-state index contributed by atoms with van der Waals surface area (Å²) in [6.07, 6.45) is 0. The number of benzene rings is 1. The van der Waals surface area contributed by atoms with Crippen LogP contribution in [-0.4, -0.2) is 16.0 Å². The van der Waals surface area contributed by atoms with E-state index in [0.717, 1.165) is 0 Å². The van der Waals surface area contributed by atoms with Crippen molar-refractivity contribution in [2.24, 2.45) is 0 Å². The summed E-state index contributed by atoms with van der Waals surface area (Å²) in [6, 6.07) is 6.12. The van der Waals surface area contributed by atoms with Crippen LogP contribution in [0.15, 0.2) is 28.7 Å². The highest BCUT2D eigenvalue weighted by atomic mass is 16.6. The van der Waals surface area contributed by atoms with Crippen LogP contribution in [0.1, 0.15) is 27.4 Å². The minimum atomic E-state index is -1.18. The van der Waals surface area contributed by atoms with Crippen LogP contribution in [0, 0.1) is 24.0 Å². The quantitative estimate of drug-likeness (QED) is 0.670. The molecule has 0 unspecified atom stereocenters. The summed E-state index contributed by atoms with van der Waals surface area (Å²) in [5.41, 5.74) is 0.924. The summed E-state index contributed by atoms with van der Waals surface area (Å²) in [7, 11) is 0.